The van der Waals surface area contributed by atoms with Crippen LogP contribution in [0.1, 0.15) is 23.6 Å². The Kier molecular flexibility index (Phi) is 3.62. The molecule has 0 radical (unpaired) electrons. The first-order chi connectivity index (χ1) is 7.72. The molecule has 2 unspecified atom stereocenters. The monoisotopic (exact) mass is 218 g/mol. The third-order valence-corrected chi connectivity index (χ3v) is 3.66. The molecule has 0 saturated carbocycles. The Balaban J connectivity index is 2.19. The van der Waals surface area contributed by atoms with E-state index in [2.05, 4.69) is 48.5 Å². The van der Waals surface area contributed by atoms with Gasteiger partial charge in [-0.05, 0) is 52.0 Å². The molecule has 16 heavy (non-hydrogen) atoms. The predicted octanol–water partition coefficient (Wildman–Crippen LogP) is 2.21. The summed E-state index contributed by atoms with van der Waals surface area (Å²) in [5.41, 5.74) is 2.81. The maximum Gasteiger partial charge on any atom is 0.0385 e. The third-order valence-electron chi connectivity index (χ3n) is 3.66. The fraction of sp³-hybridized carbons (Fsp3) is 0.571. The van der Waals surface area contributed by atoms with Crippen molar-refractivity contribution in [2.45, 2.75) is 19.4 Å². The van der Waals surface area contributed by atoms with E-state index in [-0.39, 0.29) is 0 Å². The van der Waals surface area contributed by atoms with Crippen LogP contribution in [0.15, 0.2) is 24.3 Å². The molecule has 2 nitrogen and oxygen atoms in total. The van der Waals surface area contributed by atoms with Gasteiger partial charge < -0.3 is 5.32 Å². The van der Waals surface area contributed by atoms with Gasteiger partial charge in [0.15, 0.2) is 0 Å². The number of benzene rings is 1. The fourth-order valence-electron chi connectivity index (χ4n) is 2.79. The van der Waals surface area contributed by atoms with Crippen molar-refractivity contribution in [2.24, 2.45) is 5.92 Å². The van der Waals surface area contributed by atoms with Gasteiger partial charge in [0.1, 0.15) is 0 Å². The smallest absolute Gasteiger partial charge is 0.0385 e. The van der Waals surface area contributed by atoms with Crippen LogP contribution in [0.4, 0.5) is 0 Å². The van der Waals surface area contributed by atoms with Crippen molar-refractivity contribution in [2.75, 3.05) is 27.2 Å². The quantitative estimate of drug-likeness (QED) is 0.837. The Bertz CT molecular complexity index is 329. The van der Waals surface area contributed by atoms with Crippen molar-refractivity contribution in [3.05, 3.63) is 35.4 Å². The van der Waals surface area contributed by atoms with Crippen LogP contribution in [0.5, 0.6) is 0 Å². The van der Waals surface area contributed by atoms with Crippen LogP contribution in [0.2, 0.25) is 0 Å². The third kappa shape index (κ3) is 2.28. The molecule has 1 heterocycles. The summed E-state index contributed by atoms with van der Waals surface area (Å²) in [6.45, 7) is 4.47. The van der Waals surface area contributed by atoms with Crippen LogP contribution in [-0.4, -0.2) is 32.1 Å². The maximum atomic E-state index is 3.31. The topological polar surface area (TPSA) is 15.3 Å². The van der Waals surface area contributed by atoms with E-state index in [0.717, 1.165) is 12.5 Å². The molecule has 0 aromatic heterocycles. The van der Waals surface area contributed by atoms with Gasteiger partial charge in [0.25, 0.3) is 0 Å². The van der Waals surface area contributed by atoms with Crippen LogP contribution in [0.25, 0.3) is 0 Å². The van der Waals surface area contributed by atoms with Crippen LogP contribution in [0.3, 0.4) is 0 Å². The van der Waals surface area contributed by atoms with Gasteiger partial charge in [-0.15, -0.1) is 0 Å². The minimum Gasteiger partial charge on any atom is -0.319 e. The molecule has 1 aliphatic rings. The van der Waals surface area contributed by atoms with E-state index in [1.165, 1.54) is 24.1 Å². The highest BCUT2D eigenvalue weighted by Crippen LogP contribution is 2.35. The van der Waals surface area contributed by atoms with Gasteiger partial charge in [-0.3, -0.25) is 4.90 Å². The van der Waals surface area contributed by atoms with Crippen molar-refractivity contribution in [1.82, 2.24) is 10.2 Å². The average Bonchev–Trinajstić information content (AvgIpc) is 2.62. The van der Waals surface area contributed by atoms with Gasteiger partial charge in [-0.1, -0.05) is 29.8 Å². The van der Waals surface area contributed by atoms with E-state index in [0.29, 0.717) is 6.04 Å². The van der Waals surface area contributed by atoms with E-state index < -0.39 is 0 Å². The summed E-state index contributed by atoms with van der Waals surface area (Å²) in [4.78, 5) is 2.48. The lowest BCUT2D eigenvalue weighted by Gasteiger charge is -2.25. The summed E-state index contributed by atoms with van der Waals surface area (Å²) in [5.74, 6) is 0.748. The largest absolute Gasteiger partial charge is 0.319 e. The SMILES string of the molecule is CNCC1CCN(C)C1c1ccc(C)cc1. The van der Waals surface area contributed by atoms with Gasteiger partial charge >= 0.3 is 0 Å². The molecule has 2 atom stereocenters. The molecule has 0 amide bonds. The minimum absolute atomic E-state index is 0.591. The molecule has 1 fully saturated rings. The highest BCUT2D eigenvalue weighted by molar-refractivity contribution is 5.25. The Morgan fingerprint density at radius 2 is 2.00 bits per heavy atom. The van der Waals surface area contributed by atoms with Gasteiger partial charge in [-0.25, -0.2) is 0 Å². The lowest BCUT2D eigenvalue weighted by molar-refractivity contribution is 0.274. The highest BCUT2D eigenvalue weighted by atomic mass is 15.2. The van der Waals surface area contributed by atoms with E-state index in [9.17, 15) is 0 Å². The zero-order chi connectivity index (χ0) is 11.5. The average molecular weight is 218 g/mol. The molecule has 1 aliphatic heterocycles. The van der Waals surface area contributed by atoms with Gasteiger partial charge in [-0.2, -0.15) is 0 Å². The second kappa shape index (κ2) is 4.98. The predicted molar refractivity (Wildman–Crippen MR) is 68.6 cm³/mol. The van der Waals surface area contributed by atoms with Crippen molar-refractivity contribution >= 4 is 0 Å². The normalized spacial score (nSPS) is 26.2. The van der Waals surface area contributed by atoms with Crippen molar-refractivity contribution in [3.8, 4) is 0 Å². The maximum absolute atomic E-state index is 3.31. The molecule has 0 spiro atoms. The number of aryl methyl sites for hydroxylation is 1. The zero-order valence-corrected chi connectivity index (χ0v) is 10.5. The summed E-state index contributed by atoms with van der Waals surface area (Å²) in [6.07, 6.45) is 1.30. The molecule has 0 aliphatic carbocycles. The summed E-state index contributed by atoms with van der Waals surface area (Å²) >= 11 is 0. The van der Waals surface area contributed by atoms with Gasteiger partial charge in [0, 0.05) is 6.04 Å². The lowest BCUT2D eigenvalue weighted by Crippen LogP contribution is -2.26. The van der Waals surface area contributed by atoms with Crippen LogP contribution in [0, 0.1) is 12.8 Å². The second-order valence-electron chi connectivity index (χ2n) is 4.94. The number of rotatable bonds is 3. The number of likely N-dealkylation sites (tertiary alicyclic amines) is 1. The van der Waals surface area contributed by atoms with E-state index >= 15 is 0 Å². The minimum atomic E-state index is 0.591. The first kappa shape index (κ1) is 11.6. The Morgan fingerprint density at radius 3 is 2.62 bits per heavy atom. The first-order valence-electron chi connectivity index (χ1n) is 6.14. The van der Waals surface area contributed by atoms with Crippen LogP contribution in [-0.2, 0) is 0 Å². The van der Waals surface area contributed by atoms with E-state index in [1.54, 1.807) is 0 Å². The summed E-state index contributed by atoms with van der Waals surface area (Å²) < 4.78 is 0. The number of hydrogen-bond acceptors (Lipinski definition) is 2. The molecule has 2 rings (SSSR count). The molecule has 0 bridgehead atoms. The van der Waals surface area contributed by atoms with Crippen LogP contribution >= 0.6 is 0 Å². The molecule has 2 heteroatoms. The highest BCUT2D eigenvalue weighted by Gasteiger charge is 2.32. The number of nitrogens with zero attached hydrogens (tertiary/aromatic N) is 1. The zero-order valence-electron chi connectivity index (χ0n) is 10.5. The van der Waals surface area contributed by atoms with Gasteiger partial charge in [0.05, 0.1) is 0 Å². The standard InChI is InChI=1S/C14H22N2/c1-11-4-6-12(7-5-11)14-13(10-15-2)8-9-16(14)3/h4-7,13-15H,8-10H2,1-3H3. The van der Waals surface area contributed by atoms with Gasteiger partial charge in [0.2, 0.25) is 0 Å². The van der Waals surface area contributed by atoms with E-state index in [4.69, 9.17) is 0 Å². The number of hydrogen-bond donors (Lipinski definition) is 1. The first-order valence-corrected chi connectivity index (χ1v) is 6.14. The Hall–Kier alpha value is -0.860. The van der Waals surface area contributed by atoms with Crippen LogP contribution < -0.4 is 5.32 Å². The van der Waals surface area contributed by atoms with E-state index in [1.807, 2.05) is 7.05 Å². The lowest BCUT2D eigenvalue weighted by atomic mass is 9.93. The molecule has 88 valence electrons. The number of nitrogens with one attached hydrogen (secondary N) is 1. The summed E-state index contributed by atoms with van der Waals surface area (Å²) in [5, 5.41) is 3.31. The van der Waals surface area contributed by atoms with Crippen molar-refractivity contribution < 1.29 is 0 Å². The molecule has 1 N–H and O–H groups in total. The van der Waals surface area contributed by atoms with Crippen molar-refractivity contribution in [3.63, 3.8) is 0 Å². The fourth-order valence-corrected chi connectivity index (χ4v) is 2.79. The molecule has 1 aromatic carbocycles. The Labute approximate surface area is 98.7 Å². The summed E-state index contributed by atoms with van der Waals surface area (Å²) in [6, 6.07) is 9.60. The molecular formula is C14H22N2. The molecule has 1 aromatic rings. The second-order valence-corrected chi connectivity index (χ2v) is 4.94. The Morgan fingerprint density at radius 1 is 1.31 bits per heavy atom. The van der Waals surface area contributed by atoms with Crippen molar-refractivity contribution in [1.29, 1.82) is 0 Å². The summed E-state index contributed by atoms with van der Waals surface area (Å²) in [7, 11) is 4.28. The molecular weight excluding hydrogens is 196 g/mol. The molecule has 1 saturated heterocycles.